The van der Waals surface area contributed by atoms with Gasteiger partial charge in [-0.25, -0.2) is 8.78 Å². The number of anilines is 1. The van der Waals surface area contributed by atoms with Gasteiger partial charge in [0.05, 0.1) is 4.88 Å². The second-order valence-electron chi connectivity index (χ2n) is 4.60. The van der Waals surface area contributed by atoms with Crippen LogP contribution in [0.5, 0.6) is 0 Å². The second-order valence-corrected chi connectivity index (χ2v) is 5.55. The first-order valence-corrected chi connectivity index (χ1v) is 7.27. The molecule has 7 heteroatoms. The van der Waals surface area contributed by atoms with Crippen molar-refractivity contribution >= 4 is 22.9 Å². The largest absolute Gasteiger partial charge is 0.321 e. The molecule has 0 aliphatic heterocycles. The van der Waals surface area contributed by atoms with Gasteiger partial charge in [-0.1, -0.05) is 6.07 Å². The van der Waals surface area contributed by atoms with Crippen LogP contribution in [0.4, 0.5) is 14.5 Å². The Hall–Kier alpha value is -2.54. The molecule has 0 saturated heterocycles. The number of aromatic nitrogens is 2. The van der Waals surface area contributed by atoms with Gasteiger partial charge in [0.15, 0.2) is 11.6 Å². The van der Waals surface area contributed by atoms with E-state index in [9.17, 15) is 13.6 Å². The number of carbonyl (C=O) groups excluding carboxylic acids is 1. The number of nitrogens with one attached hydrogen (secondary N) is 1. The van der Waals surface area contributed by atoms with Crippen LogP contribution in [0.2, 0.25) is 0 Å². The van der Waals surface area contributed by atoms with Crippen LogP contribution in [0.15, 0.2) is 41.8 Å². The SMILES string of the molecule is Cn1nc(-c2cccs2)cc1C(=O)Nc1ccc(F)c(F)c1. The monoisotopic (exact) mass is 319 g/mol. The highest BCUT2D eigenvalue weighted by molar-refractivity contribution is 7.13. The first-order chi connectivity index (χ1) is 10.5. The van der Waals surface area contributed by atoms with Crippen molar-refractivity contribution in [1.29, 1.82) is 0 Å². The van der Waals surface area contributed by atoms with Crippen LogP contribution in [0, 0.1) is 11.6 Å². The van der Waals surface area contributed by atoms with Crippen LogP contribution < -0.4 is 5.32 Å². The molecule has 2 heterocycles. The molecule has 3 rings (SSSR count). The molecule has 112 valence electrons. The van der Waals surface area contributed by atoms with Gasteiger partial charge < -0.3 is 5.32 Å². The maximum absolute atomic E-state index is 13.2. The third-order valence-corrected chi connectivity index (χ3v) is 3.96. The minimum absolute atomic E-state index is 0.183. The van der Waals surface area contributed by atoms with E-state index < -0.39 is 17.5 Å². The van der Waals surface area contributed by atoms with Crippen LogP contribution in [-0.2, 0) is 7.05 Å². The lowest BCUT2D eigenvalue weighted by Crippen LogP contribution is -2.16. The number of nitrogens with zero attached hydrogens (tertiary/aromatic N) is 2. The lowest BCUT2D eigenvalue weighted by molar-refractivity contribution is 0.101. The molecular formula is C15H11F2N3OS. The Labute approximate surface area is 129 Å². The zero-order chi connectivity index (χ0) is 15.7. The van der Waals surface area contributed by atoms with E-state index in [0.29, 0.717) is 11.4 Å². The third-order valence-electron chi connectivity index (χ3n) is 3.06. The molecular weight excluding hydrogens is 308 g/mol. The zero-order valence-corrected chi connectivity index (χ0v) is 12.3. The molecule has 2 aromatic heterocycles. The summed E-state index contributed by atoms with van der Waals surface area (Å²) in [4.78, 5) is 13.2. The molecule has 0 aliphatic rings. The van der Waals surface area contributed by atoms with Crippen molar-refractivity contribution in [2.45, 2.75) is 0 Å². The lowest BCUT2D eigenvalue weighted by Gasteiger charge is -2.05. The fourth-order valence-electron chi connectivity index (χ4n) is 1.99. The van der Waals surface area contributed by atoms with E-state index in [1.54, 1.807) is 13.1 Å². The number of amides is 1. The van der Waals surface area contributed by atoms with E-state index in [0.717, 1.165) is 17.0 Å². The first kappa shape index (κ1) is 14.4. The number of aryl methyl sites for hydroxylation is 1. The maximum Gasteiger partial charge on any atom is 0.273 e. The normalized spacial score (nSPS) is 10.7. The zero-order valence-electron chi connectivity index (χ0n) is 11.5. The van der Waals surface area contributed by atoms with Crippen LogP contribution in [0.3, 0.4) is 0 Å². The van der Waals surface area contributed by atoms with Crippen molar-refractivity contribution in [3.05, 3.63) is 59.1 Å². The smallest absolute Gasteiger partial charge is 0.273 e. The van der Waals surface area contributed by atoms with Crippen molar-refractivity contribution in [2.24, 2.45) is 7.05 Å². The van der Waals surface area contributed by atoms with E-state index in [1.165, 1.54) is 22.1 Å². The predicted octanol–water partition coefficient (Wildman–Crippen LogP) is 3.68. The van der Waals surface area contributed by atoms with Gasteiger partial charge in [0.25, 0.3) is 5.91 Å². The van der Waals surface area contributed by atoms with Gasteiger partial charge in [-0.2, -0.15) is 5.10 Å². The third kappa shape index (κ3) is 2.75. The van der Waals surface area contributed by atoms with Crippen molar-refractivity contribution in [3.63, 3.8) is 0 Å². The van der Waals surface area contributed by atoms with Gasteiger partial charge in [-0.05, 0) is 29.6 Å². The summed E-state index contributed by atoms with van der Waals surface area (Å²) in [7, 11) is 1.65. The van der Waals surface area contributed by atoms with E-state index >= 15 is 0 Å². The van der Waals surface area contributed by atoms with Crippen molar-refractivity contribution in [2.75, 3.05) is 5.32 Å². The highest BCUT2D eigenvalue weighted by Gasteiger charge is 2.15. The quantitative estimate of drug-likeness (QED) is 0.800. The number of hydrogen-bond acceptors (Lipinski definition) is 3. The Morgan fingerprint density at radius 1 is 1.23 bits per heavy atom. The molecule has 0 unspecified atom stereocenters. The molecule has 0 bridgehead atoms. The molecule has 0 radical (unpaired) electrons. The number of hydrogen-bond donors (Lipinski definition) is 1. The lowest BCUT2D eigenvalue weighted by atomic mass is 10.2. The highest BCUT2D eigenvalue weighted by atomic mass is 32.1. The Balaban J connectivity index is 1.84. The van der Waals surface area contributed by atoms with Crippen molar-refractivity contribution in [3.8, 4) is 10.6 Å². The minimum Gasteiger partial charge on any atom is -0.321 e. The van der Waals surface area contributed by atoms with Gasteiger partial charge in [-0.15, -0.1) is 11.3 Å². The molecule has 1 N–H and O–H groups in total. The Kier molecular flexibility index (Phi) is 3.72. The van der Waals surface area contributed by atoms with Gasteiger partial charge in [0.2, 0.25) is 0 Å². The number of benzene rings is 1. The summed E-state index contributed by atoms with van der Waals surface area (Å²) in [5.41, 5.74) is 1.20. The van der Waals surface area contributed by atoms with Gasteiger partial charge in [0, 0.05) is 18.8 Å². The maximum atomic E-state index is 13.2. The molecule has 0 saturated carbocycles. The molecule has 1 amide bonds. The van der Waals surface area contributed by atoms with E-state index in [-0.39, 0.29) is 5.69 Å². The van der Waals surface area contributed by atoms with Gasteiger partial charge >= 0.3 is 0 Å². The first-order valence-electron chi connectivity index (χ1n) is 6.39. The van der Waals surface area contributed by atoms with Crippen molar-refractivity contribution in [1.82, 2.24) is 9.78 Å². The predicted molar refractivity (Wildman–Crippen MR) is 80.8 cm³/mol. The summed E-state index contributed by atoms with van der Waals surface area (Å²) in [6, 6.07) is 8.66. The van der Waals surface area contributed by atoms with Gasteiger partial charge in [-0.3, -0.25) is 9.48 Å². The minimum atomic E-state index is -1.01. The number of thiophene rings is 1. The van der Waals surface area contributed by atoms with E-state index in [1.807, 2.05) is 17.5 Å². The fraction of sp³-hybridized carbons (Fsp3) is 0.0667. The summed E-state index contributed by atoms with van der Waals surface area (Å²) in [5.74, 6) is -2.41. The molecule has 22 heavy (non-hydrogen) atoms. The van der Waals surface area contributed by atoms with Crippen LogP contribution in [0.1, 0.15) is 10.5 Å². The molecule has 4 nitrogen and oxygen atoms in total. The summed E-state index contributed by atoms with van der Waals surface area (Å²) in [6.07, 6.45) is 0. The molecule has 0 spiro atoms. The van der Waals surface area contributed by atoms with Crippen LogP contribution in [0.25, 0.3) is 10.6 Å². The summed E-state index contributed by atoms with van der Waals surface area (Å²) >= 11 is 1.52. The number of carbonyl (C=O) groups is 1. The van der Waals surface area contributed by atoms with E-state index in [2.05, 4.69) is 10.4 Å². The average Bonchev–Trinajstić information content (AvgIpc) is 3.12. The standard InChI is InChI=1S/C15H11F2N3OS/c1-20-13(8-12(19-20)14-3-2-6-22-14)15(21)18-9-4-5-10(16)11(17)7-9/h2-8H,1H3,(H,18,21). The van der Waals surface area contributed by atoms with E-state index in [4.69, 9.17) is 0 Å². The molecule has 0 fully saturated rings. The molecule has 3 aromatic rings. The Bertz CT molecular complexity index is 827. The summed E-state index contributed by atoms with van der Waals surface area (Å²) in [5, 5.41) is 8.72. The van der Waals surface area contributed by atoms with Gasteiger partial charge in [0.1, 0.15) is 11.4 Å². The topological polar surface area (TPSA) is 46.9 Å². The molecule has 0 atom stereocenters. The summed E-state index contributed by atoms with van der Waals surface area (Å²) < 4.78 is 27.5. The molecule has 1 aromatic carbocycles. The van der Waals surface area contributed by atoms with Crippen molar-refractivity contribution < 1.29 is 13.6 Å². The number of halogens is 2. The number of rotatable bonds is 3. The fourth-order valence-corrected chi connectivity index (χ4v) is 2.67. The van der Waals surface area contributed by atoms with Crippen LogP contribution in [-0.4, -0.2) is 15.7 Å². The Morgan fingerprint density at radius 3 is 2.73 bits per heavy atom. The Morgan fingerprint density at radius 2 is 2.05 bits per heavy atom. The second kappa shape index (κ2) is 5.69. The van der Waals surface area contributed by atoms with Crippen LogP contribution >= 0.6 is 11.3 Å². The molecule has 0 aliphatic carbocycles. The highest BCUT2D eigenvalue weighted by Crippen LogP contribution is 2.24. The summed E-state index contributed by atoms with van der Waals surface area (Å²) in [6.45, 7) is 0. The average molecular weight is 319 g/mol.